The highest BCUT2D eigenvalue weighted by molar-refractivity contribution is 9.11. The van der Waals surface area contributed by atoms with Crippen LogP contribution in [0.1, 0.15) is 24.1 Å². The standard InChI is InChI=1S/C11H18BrNOS/c1-13(7-3-2-4-8-14)9-10-5-6-11(12)15-10/h5-6,14H,2-4,7-9H2,1H3. The van der Waals surface area contributed by atoms with Gasteiger partial charge in [0.2, 0.25) is 0 Å². The first-order valence-electron chi connectivity index (χ1n) is 5.26. The fourth-order valence-electron chi connectivity index (χ4n) is 1.45. The monoisotopic (exact) mass is 291 g/mol. The van der Waals surface area contributed by atoms with Gasteiger partial charge in [0.15, 0.2) is 0 Å². The largest absolute Gasteiger partial charge is 0.396 e. The van der Waals surface area contributed by atoms with Crippen LogP contribution in [0.2, 0.25) is 0 Å². The predicted molar refractivity (Wildman–Crippen MR) is 69.3 cm³/mol. The average molecular weight is 292 g/mol. The Morgan fingerprint density at radius 1 is 1.33 bits per heavy atom. The van der Waals surface area contributed by atoms with E-state index in [0.29, 0.717) is 6.61 Å². The molecule has 2 nitrogen and oxygen atoms in total. The van der Waals surface area contributed by atoms with Gasteiger partial charge in [0.05, 0.1) is 3.79 Å². The quantitative estimate of drug-likeness (QED) is 0.781. The highest BCUT2D eigenvalue weighted by Gasteiger charge is 2.02. The Bertz CT molecular complexity index is 277. The summed E-state index contributed by atoms with van der Waals surface area (Å²) in [5.74, 6) is 0. The van der Waals surface area contributed by atoms with E-state index in [1.165, 1.54) is 15.1 Å². The molecule has 0 unspecified atom stereocenters. The van der Waals surface area contributed by atoms with Gasteiger partial charge in [-0.05, 0) is 60.9 Å². The lowest BCUT2D eigenvalue weighted by atomic mass is 10.2. The summed E-state index contributed by atoms with van der Waals surface area (Å²) >= 11 is 5.26. The molecular formula is C11H18BrNOS. The lowest BCUT2D eigenvalue weighted by Gasteiger charge is -2.14. The van der Waals surface area contributed by atoms with Crippen molar-refractivity contribution < 1.29 is 5.11 Å². The predicted octanol–water partition coefficient (Wildman–Crippen LogP) is 3.11. The van der Waals surface area contributed by atoms with Crippen molar-refractivity contribution in [2.75, 3.05) is 20.2 Å². The molecule has 0 bridgehead atoms. The van der Waals surface area contributed by atoms with E-state index in [-0.39, 0.29) is 0 Å². The van der Waals surface area contributed by atoms with Crippen molar-refractivity contribution in [2.24, 2.45) is 0 Å². The number of hydrogen-bond acceptors (Lipinski definition) is 3. The van der Waals surface area contributed by atoms with Crippen molar-refractivity contribution in [3.8, 4) is 0 Å². The maximum Gasteiger partial charge on any atom is 0.0701 e. The topological polar surface area (TPSA) is 23.5 Å². The van der Waals surface area contributed by atoms with Crippen molar-refractivity contribution in [3.63, 3.8) is 0 Å². The third kappa shape index (κ3) is 5.66. The molecule has 0 aliphatic heterocycles. The molecule has 0 saturated heterocycles. The second-order valence-corrected chi connectivity index (χ2v) is 6.28. The molecular weight excluding hydrogens is 274 g/mol. The Morgan fingerprint density at radius 3 is 2.73 bits per heavy atom. The van der Waals surface area contributed by atoms with Crippen LogP contribution < -0.4 is 0 Å². The highest BCUT2D eigenvalue weighted by atomic mass is 79.9. The van der Waals surface area contributed by atoms with Crippen LogP contribution in [0.3, 0.4) is 0 Å². The van der Waals surface area contributed by atoms with Crippen LogP contribution in [-0.2, 0) is 6.54 Å². The molecule has 0 fully saturated rings. The van der Waals surface area contributed by atoms with E-state index in [1.807, 2.05) is 0 Å². The summed E-state index contributed by atoms with van der Waals surface area (Å²) in [6, 6.07) is 4.26. The van der Waals surface area contributed by atoms with E-state index >= 15 is 0 Å². The molecule has 0 aliphatic carbocycles. The normalized spacial score (nSPS) is 11.2. The first kappa shape index (κ1) is 13.2. The average Bonchev–Trinajstić information content (AvgIpc) is 2.59. The van der Waals surface area contributed by atoms with E-state index < -0.39 is 0 Å². The van der Waals surface area contributed by atoms with Gasteiger partial charge in [0.1, 0.15) is 0 Å². The lowest BCUT2D eigenvalue weighted by molar-refractivity contribution is 0.271. The number of hydrogen-bond donors (Lipinski definition) is 1. The third-order valence-corrected chi connectivity index (χ3v) is 3.86. The molecule has 1 rings (SSSR count). The van der Waals surface area contributed by atoms with Crippen LogP contribution >= 0.6 is 27.3 Å². The summed E-state index contributed by atoms with van der Waals surface area (Å²) in [7, 11) is 2.15. The van der Waals surface area contributed by atoms with E-state index in [9.17, 15) is 0 Å². The van der Waals surface area contributed by atoms with Gasteiger partial charge in [-0.1, -0.05) is 0 Å². The minimum Gasteiger partial charge on any atom is -0.396 e. The number of nitrogens with zero attached hydrogens (tertiary/aromatic N) is 1. The maximum atomic E-state index is 8.65. The second-order valence-electron chi connectivity index (χ2n) is 3.73. The summed E-state index contributed by atoms with van der Waals surface area (Å²) < 4.78 is 1.20. The van der Waals surface area contributed by atoms with Gasteiger partial charge in [-0.15, -0.1) is 11.3 Å². The summed E-state index contributed by atoms with van der Waals surface area (Å²) in [6.45, 7) is 2.45. The number of thiophene rings is 1. The van der Waals surface area contributed by atoms with Crippen molar-refractivity contribution >= 4 is 27.3 Å². The Morgan fingerprint density at radius 2 is 2.13 bits per heavy atom. The molecule has 0 aromatic carbocycles. The van der Waals surface area contributed by atoms with E-state index in [0.717, 1.165) is 25.9 Å². The maximum absolute atomic E-state index is 8.65. The van der Waals surface area contributed by atoms with E-state index in [2.05, 4.69) is 40.0 Å². The zero-order chi connectivity index (χ0) is 11.1. The molecule has 1 aromatic rings. The molecule has 86 valence electrons. The summed E-state index contributed by atoms with van der Waals surface area (Å²) in [6.07, 6.45) is 3.22. The van der Waals surface area contributed by atoms with Crippen molar-refractivity contribution in [2.45, 2.75) is 25.8 Å². The lowest BCUT2D eigenvalue weighted by Crippen LogP contribution is -2.18. The molecule has 0 atom stereocenters. The second kappa shape index (κ2) is 7.39. The fourth-order valence-corrected chi connectivity index (χ4v) is 3.02. The Kier molecular flexibility index (Phi) is 6.48. The van der Waals surface area contributed by atoms with Gasteiger partial charge in [0, 0.05) is 18.0 Å². The minimum absolute atomic E-state index is 0.321. The van der Waals surface area contributed by atoms with Gasteiger partial charge in [-0.25, -0.2) is 0 Å². The van der Waals surface area contributed by atoms with Gasteiger partial charge < -0.3 is 10.0 Å². The van der Waals surface area contributed by atoms with E-state index in [1.54, 1.807) is 11.3 Å². The smallest absolute Gasteiger partial charge is 0.0701 e. The molecule has 0 amide bonds. The summed E-state index contributed by atoms with van der Waals surface area (Å²) in [5.41, 5.74) is 0. The van der Waals surface area contributed by atoms with Gasteiger partial charge in [-0.3, -0.25) is 0 Å². The van der Waals surface area contributed by atoms with Crippen molar-refractivity contribution in [1.29, 1.82) is 0 Å². The molecule has 1 aromatic heterocycles. The Labute approximate surface area is 104 Å². The van der Waals surface area contributed by atoms with Crippen LogP contribution in [0.15, 0.2) is 15.9 Å². The number of aliphatic hydroxyl groups is 1. The number of aliphatic hydroxyl groups excluding tert-OH is 1. The number of halogens is 1. The van der Waals surface area contributed by atoms with Crippen LogP contribution in [0.25, 0.3) is 0 Å². The first-order chi connectivity index (χ1) is 7.22. The van der Waals surface area contributed by atoms with Crippen molar-refractivity contribution in [1.82, 2.24) is 4.90 Å². The fraction of sp³-hybridized carbons (Fsp3) is 0.636. The number of unbranched alkanes of at least 4 members (excludes halogenated alkanes) is 2. The Balaban J connectivity index is 2.15. The first-order valence-corrected chi connectivity index (χ1v) is 6.87. The highest BCUT2D eigenvalue weighted by Crippen LogP contribution is 2.22. The SMILES string of the molecule is CN(CCCCCO)Cc1ccc(Br)s1. The molecule has 0 saturated carbocycles. The molecule has 15 heavy (non-hydrogen) atoms. The minimum atomic E-state index is 0.321. The molecule has 1 N–H and O–H groups in total. The molecule has 0 aliphatic rings. The molecule has 4 heteroatoms. The summed E-state index contributed by atoms with van der Waals surface area (Å²) in [5, 5.41) is 8.65. The van der Waals surface area contributed by atoms with Crippen LogP contribution in [0, 0.1) is 0 Å². The van der Waals surface area contributed by atoms with Gasteiger partial charge in [0.25, 0.3) is 0 Å². The zero-order valence-corrected chi connectivity index (χ0v) is 11.5. The Hall–Kier alpha value is 0.1000. The molecule has 0 spiro atoms. The van der Waals surface area contributed by atoms with Crippen LogP contribution in [-0.4, -0.2) is 30.2 Å². The molecule has 1 heterocycles. The van der Waals surface area contributed by atoms with Crippen molar-refractivity contribution in [3.05, 3.63) is 20.8 Å². The van der Waals surface area contributed by atoms with Crippen LogP contribution in [0.5, 0.6) is 0 Å². The number of rotatable bonds is 7. The van der Waals surface area contributed by atoms with Gasteiger partial charge in [-0.2, -0.15) is 0 Å². The van der Waals surface area contributed by atoms with Gasteiger partial charge >= 0.3 is 0 Å². The van der Waals surface area contributed by atoms with Crippen LogP contribution in [0.4, 0.5) is 0 Å². The van der Waals surface area contributed by atoms with E-state index in [4.69, 9.17) is 5.11 Å². The third-order valence-electron chi connectivity index (χ3n) is 2.25. The summed E-state index contributed by atoms with van der Waals surface area (Å²) in [4.78, 5) is 3.72. The molecule has 0 radical (unpaired) electrons. The zero-order valence-electron chi connectivity index (χ0n) is 9.08.